The minimum atomic E-state index is -0.546. The van der Waals surface area contributed by atoms with Crippen molar-refractivity contribution in [2.24, 2.45) is 0 Å². The molecule has 1 aliphatic heterocycles. The molecule has 1 fully saturated rings. The SMILES string of the molecule is CCOC(=O)C1CCCN1C(=O)c1cccc(F)c1. The predicted molar refractivity (Wildman–Crippen MR) is 67.1 cm³/mol. The fourth-order valence-electron chi connectivity index (χ4n) is 2.28. The standard InChI is InChI=1S/C14H16FNO3/c1-2-19-14(18)12-7-4-8-16(12)13(17)10-5-3-6-11(15)9-10/h3,5-6,9,12H,2,4,7-8H2,1H3. The van der Waals surface area contributed by atoms with Crippen LogP contribution in [-0.2, 0) is 9.53 Å². The molecule has 4 nitrogen and oxygen atoms in total. The maximum atomic E-state index is 13.1. The summed E-state index contributed by atoms with van der Waals surface area (Å²) in [6, 6.07) is 4.95. The molecule has 1 aromatic carbocycles. The zero-order valence-electron chi connectivity index (χ0n) is 10.8. The molecule has 19 heavy (non-hydrogen) atoms. The van der Waals surface area contributed by atoms with Crippen molar-refractivity contribution >= 4 is 11.9 Å². The van der Waals surface area contributed by atoms with Crippen molar-refractivity contribution in [3.05, 3.63) is 35.6 Å². The van der Waals surface area contributed by atoms with Crippen molar-refractivity contribution < 1.29 is 18.7 Å². The van der Waals surface area contributed by atoms with E-state index in [1.165, 1.54) is 23.1 Å². The van der Waals surface area contributed by atoms with Crippen LogP contribution in [0.2, 0.25) is 0 Å². The fourth-order valence-corrected chi connectivity index (χ4v) is 2.28. The third-order valence-corrected chi connectivity index (χ3v) is 3.14. The first kappa shape index (κ1) is 13.5. The molecular formula is C14H16FNO3. The van der Waals surface area contributed by atoms with Crippen LogP contribution in [0.5, 0.6) is 0 Å². The zero-order chi connectivity index (χ0) is 13.8. The summed E-state index contributed by atoms with van der Waals surface area (Å²) >= 11 is 0. The molecule has 102 valence electrons. The van der Waals surface area contributed by atoms with E-state index in [9.17, 15) is 14.0 Å². The molecule has 0 spiro atoms. The highest BCUT2D eigenvalue weighted by atomic mass is 19.1. The number of amides is 1. The van der Waals surface area contributed by atoms with Gasteiger partial charge in [0.2, 0.25) is 0 Å². The van der Waals surface area contributed by atoms with E-state index in [0.29, 0.717) is 13.0 Å². The van der Waals surface area contributed by atoms with E-state index in [0.717, 1.165) is 6.42 Å². The molecule has 0 aliphatic carbocycles. The first-order valence-electron chi connectivity index (χ1n) is 6.36. The summed E-state index contributed by atoms with van der Waals surface area (Å²) in [6.07, 6.45) is 1.35. The average Bonchev–Trinajstić information content (AvgIpc) is 2.87. The van der Waals surface area contributed by atoms with Gasteiger partial charge in [-0.2, -0.15) is 0 Å². The van der Waals surface area contributed by atoms with E-state index in [4.69, 9.17) is 4.74 Å². The van der Waals surface area contributed by atoms with Gasteiger partial charge in [-0.05, 0) is 38.0 Å². The second-order valence-corrected chi connectivity index (χ2v) is 4.42. The Bertz CT molecular complexity index is 489. The molecule has 1 heterocycles. The van der Waals surface area contributed by atoms with Gasteiger partial charge in [0.25, 0.3) is 5.91 Å². The summed E-state index contributed by atoms with van der Waals surface area (Å²) in [7, 11) is 0. The lowest BCUT2D eigenvalue weighted by Crippen LogP contribution is -2.41. The highest BCUT2D eigenvalue weighted by molar-refractivity contribution is 5.97. The molecule has 2 rings (SSSR count). The number of benzene rings is 1. The largest absolute Gasteiger partial charge is 0.464 e. The van der Waals surface area contributed by atoms with Crippen LogP contribution >= 0.6 is 0 Å². The highest BCUT2D eigenvalue weighted by Gasteiger charge is 2.35. The van der Waals surface area contributed by atoms with Crippen molar-refractivity contribution in [1.82, 2.24) is 4.90 Å². The maximum absolute atomic E-state index is 13.1. The molecule has 1 unspecified atom stereocenters. The second kappa shape index (κ2) is 5.82. The van der Waals surface area contributed by atoms with Gasteiger partial charge in [-0.3, -0.25) is 4.79 Å². The first-order chi connectivity index (χ1) is 9.13. The van der Waals surface area contributed by atoms with Crippen LogP contribution < -0.4 is 0 Å². The quantitative estimate of drug-likeness (QED) is 0.785. The van der Waals surface area contributed by atoms with Crippen LogP contribution in [0.3, 0.4) is 0 Å². The van der Waals surface area contributed by atoms with Gasteiger partial charge in [0.15, 0.2) is 0 Å². The number of nitrogens with zero attached hydrogens (tertiary/aromatic N) is 1. The lowest BCUT2D eigenvalue weighted by molar-refractivity contribution is -0.147. The molecule has 0 saturated carbocycles. The van der Waals surface area contributed by atoms with Crippen molar-refractivity contribution in [3.63, 3.8) is 0 Å². The van der Waals surface area contributed by atoms with Gasteiger partial charge >= 0.3 is 5.97 Å². The Labute approximate surface area is 111 Å². The molecule has 0 N–H and O–H groups in total. The van der Waals surface area contributed by atoms with E-state index in [2.05, 4.69) is 0 Å². The Morgan fingerprint density at radius 2 is 2.26 bits per heavy atom. The molecule has 1 aliphatic rings. The molecule has 1 saturated heterocycles. The number of likely N-dealkylation sites (tertiary alicyclic amines) is 1. The third kappa shape index (κ3) is 2.92. The van der Waals surface area contributed by atoms with Gasteiger partial charge < -0.3 is 9.64 Å². The van der Waals surface area contributed by atoms with E-state index in [1.807, 2.05) is 0 Å². The smallest absolute Gasteiger partial charge is 0.328 e. The third-order valence-electron chi connectivity index (χ3n) is 3.14. The van der Waals surface area contributed by atoms with Gasteiger partial charge in [0, 0.05) is 12.1 Å². The number of carbonyl (C=O) groups is 2. The predicted octanol–water partition coefficient (Wildman–Crippen LogP) is 1.99. The number of ether oxygens (including phenoxy) is 1. The normalized spacial score (nSPS) is 18.4. The van der Waals surface area contributed by atoms with Crippen LogP contribution in [0.25, 0.3) is 0 Å². The number of hydrogen-bond donors (Lipinski definition) is 0. The molecule has 0 bridgehead atoms. The minimum Gasteiger partial charge on any atom is -0.464 e. The van der Waals surface area contributed by atoms with Crippen LogP contribution in [0.1, 0.15) is 30.1 Å². The van der Waals surface area contributed by atoms with Gasteiger partial charge in [-0.1, -0.05) is 6.07 Å². The van der Waals surface area contributed by atoms with Gasteiger partial charge in [0.05, 0.1) is 6.61 Å². The number of hydrogen-bond acceptors (Lipinski definition) is 3. The Hall–Kier alpha value is -1.91. The van der Waals surface area contributed by atoms with Crippen molar-refractivity contribution in [1.29, 1.82) is 0 Å². The summed E-state index contributed by atoms with van der Waals surface area (Å²) < 4.78 is 18.1. The molecule has 1 amide bonds. The molecular weight excluding hydrogens is 249 g/mol. The second-order valence-electron chi connectivity index (χ2n) is 4.42. The summed E-state index contributed by atoms with van der Waals surface area (Å²) in [5.41, 5.74) is 0.260. The van der Waals surface area contributed by atoms with E-state index in [-0.39, 0.29) is 24.0 Å². The fraction of sp³-hybridized carbons (Fsp3) is 0.429. The van der Waals surface area contributed by atoms with Gasteiger partial charge in [-0.25, -0.2) is 9.18 Å². The monoisotopic (exact) mass is 265 g/mol. The van der Waals surface area contributed by atoms with E-state index in [1.54, 1.807) is 13.0 Å². The van der Waals surface area contributed by atoms with Gasteiger partial charge in [0.1, 0.15) is 11.9 Å². The van der Waals surface area contributed by atoms with Crippen molar-refractivity contribution in [2.45, 2.75) is 25.8 Å². The van der Waals surface area contributed by atoms with Gasteiger partial charge in [-0.15, -0.1) is 0 Å². The molecule has 0 aromatic heterocycles. The van der Waals surface area contributed by atoms with E-state index >= 15 is 0 Å². The Balaban J connectivity index is 2.16. The lowest BCUT2D eigenvalue weighted by Gasteiger charge is -2.23. The van der Waals surface area contributed by atoms with Crippen LogP contribution in [0.15, 0.2) is 24.3 Å². The summed E-state index contributed by atoms with van der Waals surface area (Å²) in [6.45, 7) is 2.52. The highest BCUT2D eigenvalue weighted by Crippen LogP contribution is 2.21. The Kier molecular flexibility index (Phi) is 4.14. The molecule has 5 heteroatoms. The number of esters is 1. The maximum Gasteiger partial charge on any atom is 0.328 e. The van der Waals surface area contributed by atoms with Crippen LogP contribution in [0, 0.1) is 5.82 Å². The average molecular weight is 265 g/mol. The number of carbonyl (C=O) groups excluding carboxylic acids is 2. The summed E-state index contributed by atoms with van der Waals surface area (Å²) in [5, 5.41) is 0. The Morgan fingerprint density at radius 1 is 1.47 bits per heavy atom. The topological polar surface area (TPSA) is 46.6 Å². The van der Waals surface area contributed by atoms with Crippen molar-refractivity contribution in [3.8, 4) is 0 Å². The first-order valence-corrected chi connectivity index (χ1v) is 6.36. The number of rotatable bonds is 3. The minimum absolute atomic E-state index is 0.260. The summed E-state index contributed by atoms with van der Waals surface area (Å²) in [4.78, 5) is 25.5. The van der Waals surface area contributed by atoms with Crippen molar-refractivity contribution in [2.75, 3.05) is 13.2 Å². The zero-order valence-corrected chi connectivity index (χ0v) is 10.8. The molecule has 0 radical (unpaired) electrons. The summed E-state index contributed by atoms with van der Waals surface area (Å²) in [5.74, 6) is -1.17. The molecule has 1 aromatic rings. The number of halogens is 1. The lowest BCUT2D eigenvalue weighted by atomic mass is 10.1. The Morgan fingerprint density at radius 3 is 2.95 bits per heavy atom. The molecule has 1 atom stereocenters. The van der Waals surface area contributed by atoms with Crippen LogP contribution in [0.4, 0.5) is 4.39 Å². The van der Waals surface area contributed by atoms with Crippen LogP contribution in [-0.4, -0.2) is 36.0 Å². The van der Waals surface area contributed by atoms with E-state index < -0.39 is 11.9 Å².